The Bertz CT molecular complexity index is 921. The van der Waals surface area contributed by atoms with Crippen molar-refractivity contribution in [2.75, 3.05) is 20.7 Å². The minimum atomic E-state index is -0.227. The van der Waals surface area contributed by atoms with Gasteiger partial charge in [0.25, 0.3) is 0 Å². The minimum absolute atomic E-state index is 0.0265. The maximum absolute atomic E-state index is 12.4. The summed E-state index contributed by atoms with van der Waals surface area (Å²) in [6.45, 7) is 3.23. The number of hydrogen-bond donors (Lipinski definition) is 4. The lowest BCUT2D eigenvalue weighted by Crippen LogP contribution is -2.33. The van der Waals surface area contributed by atoms with Crippen molar-refractivity contribution in [3.63, 3.8) is 0 Å². The molecule has 0 radical (unpaired) electrons. The van der Waals surface area contributed by atoms with Crippen LogP contribution in [0.15, 0.2) is 42.1 Å². The zero-order valence-corrected chi connectivity index (χ0v) is 20.6. The predicted molar refractivity (Wildman–Crippen MR) is 137 cm³/mol. The predicted octanol–water partition coefficient (Wildman–Crippen LogP) is 3.62. The van der Waals surface area contributed by atoms with Crippen molar-refractivity contribution in [3.8, 4) is 11.5 Å². The number of phenols is 1. The number of allylic oxidation sites excluding steroid dienone is 3. The van der Waals surface area contributed by atoms with Gasteiger partial charge in [0, 0.05) is 12.6 Å². The van der Waals surface area contributed by atoms with Crippen LogP contribution in [0.1, 0.15) is 56.6 Å². The Hall–Kier alpha value is -2.90. The number of dihydropyridines is 1. The van der Waals surface area contributed by atoms with Crippen molar-refractivity contribution in [3.05, 3.63) is 53.3 Å². The quantitative estimate of drug-likeness (QED) is 0.176. The largest absolute Gasteiger partial charge is 0.504 e. The summed E-state index contributed by atoms with van der Waals surface area (Å²) in [6.07, 6.45) is 13.5. The molecule has 1 aromatic carbocycles. The van der Waals surface area contributed by atoms with Crippen molar-refractivity contribution >= 4 is 17.6 Å². The van der Waals surface area contributed by atoms with E-state index in [0.29, 0.717) is 24.5 Å². The maximum atomic E-state index is 12.4. The average Bonchev–Trinajstić information content (AvgIpc) is 2.80. The van der Waals surface area contributed by atoms with Crippen LogP contribution in [0.4, 0.5) is 0 Å². The average molecular weight is 470 g/mol. The molecule has 0 amide bonds. The number of ketones is 2. The van der Waals surface area contributed by atoms with E-state index in [4.69, 9.17) is 10.5 Å². The number of rotatable bonds is 15. The zero-order chi connectivity index (χ0) is 24.9. The highest BCUT2D eigenvalue weighted by Crippen LogP contribution is 2.31. The lowest BCUT2D eigenvalue weighted by atomic mass is 9.97. The number of carbonyl (C=O) groups excluding carboxylic acids is 2. The number of aromatic hydroxyl groups is 1. The zero-order valence-electron chi connectivity index (χ0n) is 20.6. The number of Topliss-reactive ketones (excluding diaryl/α,β-unsaturated/α-hetero) is 1. The van der Waals surface area contributed by atoms with Crippen LogP contribution in [0, 0.1) is 5.92 Å². The third-order valence-corrected chi connectivity index (χ3v) is 5.84. The first-order valence-corrected chi connectivity index (χ1v) is 12.0. The van der Waals surface area contributed by atoms with Crippen LogP contribution in [0.3, 0.4) is 0 Å². The topological polar surface area (TPSA) is 114 Å². The summed E-state index contributed by atoms with van der Waals surface area (Å²) in [4.78, 5) is 24.6. The summed E-state index contributed by atoms with van der Waals surface area (Å²) in [6, 6.07) is 3.33. The summed E-state index contributed by atoms with van der Waals surface area (Å²) >= 11 is 0. The van der Waals surface area contributed by atoms with E-state index in [-0.39, 0.29) is 29.9 Å². The van der Waals surface area contributed by atoms with Crippen molar-refractivity contribution < 1.29 is 19.4 Å². The first kappa shape index (κ1) is 27.3. The fourth-order valence-corrected chi connectivity index (χ4v) is 3.93. The van der Waals surface area contributed by atoms with E-state index in [1.54, 1.807) is 18.2 Å². The molecule has 0 spiro atoms. The Labute approximate surface area is 203 Å². The number of phenolic OH excluding ortho intramolecular Hbond substituents is 1. The highest BCUT2D eigenvalue weighted by Gasteiger charge is 2.12. The SMILES string of the molecule is CNC[C@H](C)CCCCCC(=O)CC(=O)/C=C/c1cc(OC)c(O)cc1CC1=CNC(N)C=C1. The number of carbonyl (C=O) groups is 2. The van der Waals surface area contributed by atoms with Gasteiger partial charge in [0.15, 0.2) is 17.3 Å². The van der Waals surface area contributed by atoms with E-state index in [0.717, 1.165) is 48.9 Å². The monoisotopic (exact) mass is 469 g/mol. The second-order valence-corrected chi connectivity index (χ2v) is 8.95. The molecule has 1 aromatic rings. The molecular weight excluding hydrogens is 430 g/mol. The van der Waals surface area contributed by atoms with Crippen LogP contribution < -0.4 is 21.1 Å². The highest BCUT2D eigenvalue weighted by atomic mass is 16.5. The number of ether oxygens (including phenoxy) is 1. The third kappa shape index (κ3) is 9.53. The van der Waals surface area contributed by atoms with Crippen molar-refractivity contribution in [1.82, 2.24) is 10.6 Å². The Morgan fingerprint density at radius 2 is 2.09 bits per heavy atom. The summed E-state index contributed by atoms with van der Waals surface area (Å²) in [5, 5.41) is 16.4. The Morgan fingerprint density at radius 1 is 1.29 bits per heavy atom. The van der Waals surface area contributed by atoms with Crippen LogP contribution in [0.5, 0.6) is 11.5 Å². The summed E-state index contributed by atoms with van der Waals surface area (Å²) in [5.74, 6) is 0.734. The molecule has 2 rings (SSSR count). The van der Waals surface area contributed by atoms with Crippen molar-refractivity contribution in [1.29, 1.82) is 0 Å². The first-order valence-electron chi connectivity index (χ1n) is 12.0. The van der Waals surface area contributed by atoms with E-state index in [9.17, 15) is 14.7 Å². The number of nitrogens with one attached hydrogen (secondary N) is 2. The van der Waals surface area contributed by atoms with Crippen LogP contribution in [-0.4, -0.2) is 43.5 Å². The number of methoxy groups -OCH3 is 1. The standard InChI is InChI=1S/C27H39N3O4/c1-19(17-29-2)7-5-4-6-8-23(31)16-24(32)11-10-21-15-26(34-3)25(33)14-22(21)13-20-9-12-27(28)30-18-20/h9-12,14-15,18-19,27,29-30,33H,4-8,13,16-17,28H2,1-3H3/b11-10+/t19-,27?/m1/s1. The van der Waals surface area contributed by atoms with Gasteiger partial charge in [-0.1, -0.05) is 31.9 Å². The van der Waals surface area contributed by atoms with E-state index >= 15 is 0 Å². The van der Waals surface area contributed by atoms with E-state index in [1.165, 1.54) is 13.2 Å². The normalized spacial score (nSPS) is 16.2. The molecule has 0 saturated heterocycles. The molecule has 0 bridgehead atoms. The molecule has 5 N–H and O–H groups in total. The van der Waals surface area contributed by atoms with Gasteiger partial charge >= 0.3 is 0 Å². The van der Waals surface area contributed by atoms with Crippen LogP contribution in [0.2, 0.25) is 0 Å². The first-order chi connectivity index (χ1) is 16.3. The molecular formula is C27H39N3O4. The molecule has 0 aromatic heterocycles. The van der Waals surface area contributed by atoms with E-state index in [2.05, 4.69) is 17.6 Å². The molecule has 0 saturated carbocycles. The van der Waals surface area contributed by atoms with Gasteiger partial charge in [0.1, 0.15) is 5.78 Å². The summed E-state index contributed by atoms with van der Waals surface area (Å²) in [7, 11) is 3.43. The Morgan fingerprint density at radius 3 is 2.76 bits per heavy atom. The molecule has 2 atom stereocenters. The van der Waals surface area contributed by atoms with E-state index < -0.39 is 0 Å². The second-order valence-electron chi connectivity index (χ2n) is 8.95. The van der Waals surface area contributed by atoms with Crippen LogP contribution >= 0.6 is 0 Å². The third-order valence-electron chi connectivity index (χ3n) is 5.84. The highest BCUT2D eigenvalue weighted by molar-refractivity contribution is 6.06. The Kier molecular flexibility index (Phi) is 11.6. The lowest BCUT2D eigenvalue weighted by molar-refractivity contribution is -0.124. The van der Waals surface area contributed by atoms with Gasteiger partial charge in [0.2, 0.25) is 0 Å². The van der Waals surface area contributed by atoms with Crippen LogP contribution in [-0.2, 0) is 16.0 Å². The van der Waals surface area contributed by atoms with Crippen molar-refractivity contribution in [2.24, 2.45) is 11.7 Å². The molecule has 186 valence electrons. The molecule has 7 nitrogen and oxygen atoms in total. The molecule has 0 aliphatic carbocycles. The number of nitrogens with two attached hydrogens (primary N) is 1. The Balaban J connectivity index is 1.92. The minimum Gasteiger partial charge on any atom is -0.504 e. The van der Waals surface area contributed by atoms with Crippen molar-refractivity contribution in [2.45, 2.75) is 58.0 Å². The summed E-state index contributed by atoms with van der Waals surface area (Å²) < 4.78 is 5.22. The molecule has 1 heterocycles. The number of unbranched alkanes of at least 4 members (excludes halogenated alkanes) is 2. The molecule has 1 unspecified atom stereocenters. The molecule has 1 aliphatic rings. The molecule has 34 heavy (non-hydrogen) atoms. The van der Waals surface area contributed by atoms with E-state index in [1.807, 2.05) is 25.4 Å². The lowest BCUT2D eigenvalue weighted by Gasteiger charge is -2.16. The van der Waals surface area contributed by atoms with Gasteiger partial charge in [-0.15, -0.1) is 0 Å². The van der Waals surface area contributed by atoms with Gasteiger partial charge in [-0.25, -0.2) is 0 Å². The van der Waals surface area contributed by atoms with Gasteiger partial charge in [-0.2, -0.15) is 0 Å². The fraction of sp³-hybridized carbons (Fsp3) is 0.481. The molecule has 1 aliphatic heterocycles. The fourth-order valence-electron chi connectivity index (χ4n) is 3.93. The molecule has 7 heteroatoms. The second kappa shape index (κ2) is 14.4. The number of hydrogen-bond acceptors (Lipinski definition) is 7. The smallest absolute Gasteiger partial charge is 0.163 e. The molecule has 0 fully saturated rings. The number of benzene rings is 1. The van der Waals surface area contributed by atoms with Gasteiger partial charge in [-0.05, 0) is 79.8 Å². The van der Waals surface area contributed by atoms with Gasteiger partial charge in [0.05, 0.1) is 19.7 Å². The maximum Gasteiger partial charge on any atom is 0.163 e. The summed E-state index contributed by atoms with van der Waals surface area (Å²) in [5.41, 5.74) is 8.36. The van der Waals surface area contributed by atoms with Gasteiger partial charge < -0.3 is 26.2 Å². The van der Waals surface area contributed by atoms with Gasteiger partial charge in [-0.3, -0.25) is 9.59 Å². The van der Waals surface area contributed by atoms with Crippen LogP contribution in [0.25, 0.3) is 6.08 Å².